The van der Waals surface area contributed by atoms with E-state index >= 15 is 0 Å². The van der Waals surface area contributed by atoms with Gasteiger partial charge in [-0.25, -0.2) is 20.3 Å². The molecule has 0 radical (unpaired) electrons. The number of hydrazone groups is 1. The smallest absolute Gasteiger partial charge is 0.256 e. The summed E-state index contributed by atoms with van der Waals surface area (Å²) in [5.41, 5.74) is 4.27. The predicted octanol–water partition coefficient (Wildman–Crippen LogP) is 1.39. The first-order valence-corrected chi connectivity index (χ1v) is 7.67. The molecular formula is C14H16N6OS. The van der Waals surface area contributed by atoms with Gasteiger partial charge in [0, 0.05) is 10.8 Å². The lowest BCUT2D eigenvalue weighted by molar-refractivity contribution is 0.151. The number of hydrogen-bond acceptors (Lipinski definition) is 6. The molecule has 0 unspecified atom stereocenters. The van der Waals surface area contributed by atoms with Crippen LogP contribution in [0.4, 0.5) is 4.79 Å². The van der Waals surface area contributed by atoms with Gasteiger partial charge in [0.2, 0.25) is 0 Å². The Morgan fingerprint density at radius 2 is 2.27 bits per heavy atom. The molecule has 2 aliphatic heterocycles. The maximum atomic E-state index is 12.3. The molecular weight excluding hydrogens is 300 g/mol. The number of carbonyl (C=O) groups excluding carboxylic acids is 1. The zero-order valence-electron chi connectivity index (χ0n) is 12.6. The van der Waals surface area contributed by atoms with Crippen LogP contribution in [0, 0.1) is 12.3 Å². The summed E-state index contributed by atoms with van der Waals surface area (Å²) < 4.78 is 0. The van der Waals surface area contributed by atoms with E-state index in [1.54, 1.807) is 0 Å². The Morgan fingerprint density at radius 3 is 2.91 bits per heavy atom. The fourth-order valence-electron chi connectivity index (χ4n) is 2.05. The van der Waals surface area contributed by atoms with Crippen molar-refractivity contribution in [1.82, 2.24) is 20.4 Å². The molecule has 7 nitrogen and oxygen atoms in total. The number of urea groups is 1. The van der Waals surface area contributed by atoms with Crippen molar-refractivity contribution in [2.75, 3.05) is 13.2 Å². The summed E-state index contributed by atoms with van der Waals surface area (Å²) in [4.78, 5) is 22.8. The Morgan fingerprint density at radius 1 is 1.50 bits per heavy atom. The van der Waals surface area contributed by atoms with Crippen molar-refractivity contribution in [3.8, 4) is 12.3 Å². The highest BCUT2D eigenvalue weighted by Crippen LogP contribution is 2.26. The number of hydrazine groups is 1. The number of aliphatic imine (C=N–C) groups is 1. The molecule has 0 saturated carbocycles. The molecule has 2 aliphatic rings. The molecule has 2 amide bonds. The van der Waals surface area contributed by atoms with Crippen LogP contribution in [0.1, 0.15) is 31.5 Å². The van der Waals surface area contributed by atoms with Gasteiger partial charge < -0.3 is 0 Å². The van der Waals surface area contributed by atoms with Crippen molar-refractivity contribution in [1.29, 1.82) is 0 Å². The number of thiazole rings is 1. The van der Waals surface area contributed by atoms with Gasteiger partial charge >= 0.3 is 6.03 Å². The molecule has 0 aromatic carbocycles. The van der Waals surface area contributed by atoms with Gasteiger partial charge in [-0.2, -0.15) is 0 Å². The molecule has 0 spiro atoms. The highest BCUT2D eigenvalue weighted by Gasteiger charge is 2.37. The van der Waals surface area contributed by atoms with Crippen LogP contribution in [0.5, 0.6) is 0 Å². The Labute approximate surface area is 132 Å². The Balaban J connectivity index is 1.88. The van der Waals surface area contributed by atoms with Crippen LogP contribution in [0.25, 0.3) is 0 Å². The van der Waals surface area contributed by atoms with Crippen LogP contribution >= 0.6 is 11.3 Å². The molecule has 0 saturated heterocycles. The average Bonchev–Trinajstić information content (AvgIpc) is 3.07. The summed E-state index contributed by atoms with van der Waals surface area (Å²) in [6.45, 7) is 6.70. The second-order valence-corrected chi connectivity index (χ2v) is 6.83. The quantitative estimate of drug-likeness (QED) is 0.838. The van der Waals surface area contributed by atoms with E-state index in [0.29, 0.717) is 11.5 Å². The van der Waals surface area contributed by atoms with Crippen LogP contribution in [-0.2, 0) is 5.41 Å². The van der Waals surface area contributed by atoms with Crippen molar-refractivity contribution < 1.29 is 4.79 Å². The number of amides is 2. The lowest BCUT2D eigenvalue weighted by atomic mass is 9.93. The summed E-state index contributed by atoms with van der Waals surface area (Å²) in [6, 6.07) is -0.255. The lowest BCUT2D eigenvalue weighted by Gasteiger charge is -2.29. The minimum Gasteiger partial charge on any atom is -0.256 e. The maximum absolute atomic E-state index is 12.3. The second-order valence-electron chi connectivity index (χ2n) is 5.97. The molecule has 8 heteroatoms. The summed E-state index contributed by atoms with van der Waals surface area (Å²) in [6.07, 6.45) is 5.23. The number of fused-ring (bicyclic) bond motifs is 1. The van der Waals surface area contributed by atoms with E-state index < -0.39 is 0 Å². The first kappa shape index (κ1) is 14.5. The van der Waals surface area contributed by atoms with Gasteiger partial charge in [0.05, 0.1) is 5.69 Å². The first-order chi connectivity index (χ1) is 10.4. The maximum Gasteiger partial charge on any atom is 0.348 e. The zero-order chi connectivity index (χ0) is 15.9. The minimum atomic E-state index is -0.255. The van der Waals surface area contributed by atoms with E-state index in [-0.39, 0.29) is 24.7 Å². The molecule has 0 aliphatic carbocycles. The van der Waals surface area contributed by atoms with Crippen LogP contribution < -0.4 is 5.53 Å². The van der Waals surface area contributed by atoms with Crippen molar-refractivity contribution in [3.63, 3.8) is 0 Å². The first-order valence-electron chi connectivity index (χ1n) is 6.79. The lowest BCUT2D eigenvalue weighted by Crippen LogP contribution is -2.55. The highest BCUT2D eigenvalue weighted by molar-refractivity contribution is 7.12. The van der Waals surface area contributed by atoms with E-state index in [1.165, 1.54) is 21.2 Å². The van der Waals surface area contributed by atoms with E-state index in [2.05, 4.69) is 47.3 Å². The fraction of sp³-hybridized carbons (Fsp3) is 0.429. The number of amidine groups is 1. The number of carbonyl (C=O) groups is 1. The van der Waals surface area contributed by atoms with Crippen molar-refractivity contribution in [2.45, 2.75) is 26.2 Å². The van der Waals surface area contributed by atoms with Gasteiger partial charge in [-0.15, -0.1) is 22.9 Å². The summed E-state index contributed by atoms with van der Waals surface area (Å²) in [5, 5.41) is 8.26. The molecule has 1 N–H and O–H groups in total. The number of hydrogen-bond donors (Lipinski definition) is 1. The number of aromatic nitrogens is 1. The molecule has 1 aromatic rings. The standard InChI is InChI=1S/C14H16N6OS/c1-5-6-20-13(21)19-8-15-10(11(19)17-18-20)12-16-9(7-22-12)14(2,3)4/h1,7,18H,6,8H2,2-4H3. The second kappa shape index (κ2) is 5.10. The number of rotatable bonds is 2. The molecule has 0 fully saturated rings. The fourth-order valence-corrected chi connectivity index (χ4v) is 3.10. The van der Waals surface area contributed by atoms with Crippen molar-refractivity contribution in [2.24, 2.45) is 10.1 Å². The van der Waals surface area contributed by atoms with Gasteiger partial charge in [0.25, 0.3) is 0 Å². The number of terminal acetylenes is 1. The third-order valence-corrected chi connectivity index (χ3v) is 4.15. The summed E-state index contributed by atoms with van der Waals surface area (Å²) in [7, 11) is 0. The van der Waals surface area contributed by atoms with E-state index in [9.17, 15) is 4.79 Å². The largest absolute Gasteiger partial charge is 0.348 e. The average molecular weight is 316 g/mol. The third kappa shape index (κ3) is 2.33. The minimum absolute atomic E-state index is 0.0281. The van der Waals surface area contributed by atoms with Gasteiger partial charge in [-0.05, 0) is 0 Å². The SMILES string of the molecule is C#CCN1NN=C2C(c3nc(C(C)(C)C)cs3)=NCN2C1=O. The zero-order valence-corrected chi connectivity index (χ0v) is 13.4. The van der Waals surface area contributed by atoms with Gasteiger partial charge in [-0.3, -0.25) is 9.89 Å². The van der Waals surface area contributed by atoms with Crippen molar-refractivity contribution >= 4 is 28.9 Å². The molecule has 0 atom stereocenters. The van der Waals surface area contributed by atoms with E-state index in [1.807, 2.05) is 5.38 Å². The topological polar surface area (TPSA) is 73.2 Å². The van der Waals surface area contributed by atoms with Crippen LogP contribution in [0.3, 0.4) is 0 Å². The Hall–Kier alpha value is -2.40. The van der Waals surface area contributed by atoms with Gasteiger partial charge in [-0.1, -0.05) is 26.7 Å². The van der Waals surface area contributed by atoms with Gasteiger partial charge in [0.15, 0.2) is 5.84 Å². The van der Waals surface area contributed by atoms with Crippen LogP contribution in [0.15, 0.2) is 15.5 Å². The molecule has 1 aromatic heterocycles. The van der Waals surface area contributed by atoms with Gasteiger partial charge in [0.1, 0.15) is 23.9 Å². The Kier molecular flexibility index (Phi) is 3.37. The molecule has 0 bridgehead atoms. The number of nitrogens with one attached hydrogen (secondary N) is 1. The molecule has 22 heavy (non-hydrogen) atoms. The Bertz CT molecular complexity index is 720. The van der Waals surface area contributed by atoms with E-state index in [4.69, 9.17) is 6.42 Å². The molecule has 3 heterocycles. The molecule has 114 valence electrons. The number of nitrogens with zero attached hydrogens (tertiary/aromatic N) is 5. The summed E-state index contributed by atoms with van der Waals surface area (Å²) >= 11 is 1.51. The summed E-state index contributed by atoms with van der Waals surface area (Å²) in [5.74, 6) is 2.90. The van der Waals surface area contributed by atoms with E-state index in [0.717, 1.165) is 10.7 Å². The van der Waals surface area contributed by atoms with Crippen molar-refractivity contribution in [3.05, 3.63) is 16.1 Å². The normalized spacial score (nSPS) is 17.6. The highest BCUT2D eigenvalue weighted by atomic mass is 32.1. The van der Waals surface area contributed by atoms with Crippen LogP contribution in [0.2, 0.25) is 0 Å². The monoisotopic (exact) mass is 316 g/mol. The van der Waals surface area contributed by atoms with Crippen LogP contribution in [-0.4, -0.2) is 45.7 Å². The predicted molar refractivity (Wildman–Crippen MR) is 85.6 cm³/mol. The molecule has 3 rings (SSSR count). The third-order valence-electron chi connectivity index (χ3n) is 3.30.